The van der Waals surface area contributed by atoms with Gasteiger partial charge in [-0.15, -0.1) is 0 Å². The number of hydrogen-bond donors (Lipinski definition) is 1. The fourth-order valence-electron chi connectivity index (χ4n) is 1.40. The zero-order valence-corrected chi connectivity index (χ0v) is 12.1. The molecule has 0 bridgehead atoms. The van der Waals surface area contributed by atoms with E-state index in [4.69, 9.17) is 5.11 Å². The molecular weight excluding hydrogens is 279 g/mol. The first-order valence-corrected chi connectivity index (χ1v) is 7.35. The van der Waals surface area contributed by atoms with Crippen LogP contribution in [0, 0.1) is 17.7 Å². The molecule has 0 amide bonds. The summed E-state index contributed by atoms with van der Waals surface area (Å²) in [5.74, 6) is 6.08. The van der Waals surface area contributed by atoms with Gasteiger partial charge in [-0.2, -0.15) is 11.8 Å². The van der Waals surface area contributed by atoms with Crippen molar-refractivity contribution in [1.29, 1.82) is 0 Å². The number of methoxy groups -OCH3 is 1. The largest absolute Gasteiger partial charge is 0.469 e. The third kappa shape index (κ3) is 6.09. The quantitative estimate of drug-likeness (QED) is 0.497. The molecule has 0 spiro atoms. The van der Waals surface area contributed by atoms with Crippen molar-refractivity contribution < 1.29 is 19.0 Å². The van der Waals surface area contributed by atoms with E-state index in [1.54, 1.807) is 12.1 Å². The van der Waals surface area contributed by atoms with Gasteiger partial charge in [-0.3, -0.25) is 4.79 Å². The van der Waals surface area contributed by atoms with Gasteiger partial charge in [-0.05, 0) is 17.7 Å². The minimum Gasteiger partial charge on any atom is -0.469 e. The van der Waals surface area contributed by atoms with Gasteiger partial charge in [0.2, 0.25) is 0 Å². The predicted octanol–water partition coefficient (Wildman–Crippen LogP) is 2.36. The van der Waals surface area contributed by atoms with Crippen LogP contribution in [0.1, 0.15) is 24.0 Å². The van der Waals surface area contributed by atoms with Gasteiger partial charge in [-0.25, -0.2) is 4.39 Å². The monoisotopic (exact) mass is 296 g/mol. The summed E-state index contributed by atoms with van der Waals surface area (Å²) in [6.45, 7) is 0.00437. The van der Waals surface area contributed by atoms with Crippen LogP contribution >= 0.6 is 11.8 Å². The second-order valence-electron chi connectivity index (χ2n) is 3.96. The van der Waals surface area contributed by atoms with Crippen LogP contribution in [0.25, 0.3) is 0 Å². The van der Waals surface area contributed by atoms with Gasteiger partial charge in [0.05, 0.1) is 20.1 Å². The number of hydrogen-bond acceptors (Lipinski definition) is 4. The number of rotatable bonds is 6. The first-order valence-electron chi connectivity index (χ1n) is 6.20. The van der Waals surface area contributed by atoms with Crippen LogP contribution in [-0.2, 0) is 15.3 Å². The van der Waals surface area contributed by atoms with Crippen LogP contribution in [-0.4, -0.2) is 30.5 Å². The molecule has 0 aliphatic rings. The summed E-state index contributed by atoms with van der Waals surface area (Å²) < 4.78 is 18.3. The maximum absolute atomic E-state index is 13.8. The molecule has 0 unspecified atom stereocenters. The molecule has 0 atom stereocenters. The predicted molar refractivity (Wildman–Crippen MR) is 77.8 cm³/mol. The number of aliphatic hydroxyl groups excluding tert-OH is 1. The molecule has 1 N–H and O–H groups in total. The SMILES string of the molecule is COC(=O)CCSCc1ccc(C#CCCO)cc1F. The number of aliphatic hydroxyl groups is 1. The van der Waals surface area contributed by atoms with Crippen LogP contribution in [0.15, 0.2) is 18.2 Å². The fraction of sp³-hybridized carbons (Fsp3) is 0.400. The van der Waals surface area contributed by atoms with Crippen LogP contribution < -0.4 is 0 Å². The molecular formula is C15H17FO3S. The Morgan fingerprint density at radius 2 is 2.30 bits per heavy atom. The van der Waals surface area contributed by atoms with Crippen molar-refractivity contribution in [3.05, 3.63) is 35.1 Å². The molecule has 0 aliphatic carbocycles. The Hall–Kier alpha value is -1.51. The van der Waals surface area contributed by atoms with E-state index < -0.39 is 0 Å². The lowest BCUT2D eigenvalue weighted by molar-refractivity contribution is -0.140. The van der Waals surface area contributed by atoms with E-state index in [0.717, 1.165) is 0 Å². The molecule has 5 heteroatoms. The zero-order valence-electron chi connectivity index (χ0n) is 11.3. The average Bonchev–Trinajstić information content (AvgIpc) is 2.45. The molecule has 1 aromatic rings. The molecule has 0 saturated carbocycles. The Labute approximate surface area is 122 Å². The van der Waals surface area contributed by atoms with Gasteiger partial charge in [0.15, 0.2) is 0 Å². The highest BCUT2D eigenvalue weighted by molar-refractivity contribution is 7.98. The first-order chi connectivity index (χ1) is 9.67. The highest BCUT2D eigenvalue weighted by atomic mass is 32.2. The van der Waals surface area contributed by atoms with Crippen LogP contribution in [0.4, 0.5) is 4.39 Å². The number of carbonyl (C=O) groups is 1. The summed E-state index contributed by atoms with van der Waals surface area (Å²) in [6, 6.07) is 4.84. The zero-order chi connectivity index (χ0) is 14.8. The lowest BCUT2D eigenvalue weighted by Gasteiger charge is -2.03. The molecule has 108 valence electrons. The Kier molecular flexibility index (Phi) is 7.78. The minimum absolute atomic E-state index is 0.00437. The Balaban J connectivity index is 2.48. The Morgan fingerprint density at radius 3 is 2.95 bits per heavy atom. The number of carbonyl (C=O) groups excluding carboxylic acids is 1. The highest BCUT2D eigenvalue weighted by Gasteiger charge is 2.04. The van der Waals surface area contributed by atoms with Crippen molar-refractivity contribution in [2.24, 2.45) is 0 Å². The Morgan fingerprint density at radius 1 is 1.50 bits per heavy atom. The van der Waals surface area contributed by atoms with E-state index in [-0.39, 0.29) is 18.4 Å². The second-order valence-corrected chi connectivity index (χ2v) is 5.07. The summed E-state index contributed by atoms with van der Waals surface area (Å²) in [5, 5.41) is 8.61. The van der Waals surface area contributed by atoms with Gasteiger partial charge < -0.3 is 9.84 Å². The number of halogens is 1. The van der Waals surface area contributed by atoms with Gasteiger partial charge in [0.25, 0.3) is 0 Å². The van der Waals surface area contributed by atoms with Crippen molar-refractivity contribution in [2.75, 3.05) is 19.5 Å². The maximum atomic E-state index is 13.8. The van der Waals surface area contributed by atoms with E-state index in [0.29, 0.717) is 35.5 Å². The van der Waals surface area contributed by atoms with Gasteiger partial charge >= 0.3 is 5.97 Å². The topological polar surface area (TPSA) is 46.5 Å². The molecule has 0 saturated heterocycles. The normalized spacial score (nSPS) is 9.75. The van der Waals surface area contributed by atoms with E-state index in [1.807, 2.05) is 0 Å². The average molecular weight is 296 g/mol. The van der Waals surface area contributed by atoms with Crippen molar-refractivity contribution >= 4 is 17.7 Å². The molecule has 0 aromatic heterocycles. The van der Waals surface area contributed by atoms with E-state index in [9.17, 15) is 9.18 Å². The van der Waals surface area contributed by atoms with Gasteiger partial charge in [0, 0.05) is 23.5 Å². The molecule has 20 heavy (non-hydrogen) atoms. The maximum Gasteiger partial charge on any atom is 0.306 e. The third-order valence-corrected chi connectivity index (χ3v) is 3.47. The smallest absolute Gasteiger partial charge is 0.306 e. The van der Waals surface area contributed by atoms with E-state index in [1.165, 1.54) is 24.9 Å². The first kappa shape index (κ1) is 16.5. The summed E-state index contributed by atoms with van der Waals surface area (Å²) in [6.07, 6.45) is 0.709. The number of benzene rings is 1. The number of thioether (sulfide) groups is 1. The van der Waals surface area contributed by atoms with E-state index in [2.05, 4.69) is 16.6 Å². The van der Waals surface area contributed by atoms with Crippen molar-refractivity contribution in [3.63, 3.8) is 0 Å². The summed E-state index contributed by atoms with van der Waals surface area (Å²) >= 11 is 1.48. The van der Waals surface area contributed by atoms with Crippen LogP contribution in [0.2, 0.25) is 0 Å². The molecule has 0 heterocycles. The summed E-state index contributed by atoms with van der Waals surface area (Å²) in [4.78, 5) is 10.9. The summed E-state index contributed by atoms with van der Waals surface area (Å²) in [5.41, 5.74) is 1.19. The summed E-state index contributed by atoms with van der Waals surface area (Å²) in [7, 11) is 1.35. The molecule has 0 aliphatic heterocycles. The Bertz CT molecular complexity index is 506. The lowest BCUT2D eigenvalue weighted by Crippen LogP contribution is -2.01. The van der Waals surface area contributed by atoms with Gasteiger partial charge in [0.1, 0.15) is 5.82 Å². The second kappa shape index (κ2) is 9.40. The van der Waals surface area contributed by atoms with Crippen LogP contribution in [0.3, 0.4) is 0 Å². The number of ether oxygens (including phenoxy) is 1. The van der Waals surface area contributed by atoms with Crippen molar-refractivity contribution in [1.82, 2.24) is 0 Å². The van der Waals surface area contributed by atoms with Crippen molar-refractivity contribution in [2.45, 2.75) is 18.6 Å². The number of esters is 1. The molecule has 3 nitrogen and oxygen atoms in total. The minimum atomic E-state index is -0.300. The van der Waals surface area contributed by atoms with Gasteiger partial charge in [-0.1, -0.05) is 17.9 Å². The van der Waals surface area contributed by atoms with Crippen LogP contribution in [0.5, 0.6) is 0 Å². The molecule has 0 radical (unpaired) electrons. The highest BCUT2D eigenvalue weighted by Crippen LogP contribution is 2.17. The molecule has 1 aromatic carbocycles. The fourth-order valence-corrected chi connectivity index (χ4v) is 2.31. The standard InChI is InChI=1S/C15H17FO3S/c1-19-15(18)7-9-20-11-13-6-5-12(10-14(13)16)4-2-3-8-17/h5-6,10,17H,3,7-9,11H2,1H3. The van der Waals surface area contributed by atoms with Crippen molar-refractivity contribution in [3.8, 4) is 11.8 Å². The third-order valence-electron chi connectivity index (χ3n) is 2.46. The molecule has 0 fully saturated rings. The molecule has 1 rings (SSSR count). The van der Waals surface area contributed by atoms with E-state index >= 15 is 0 Å². The lowest BCUT2D eigenvalue weighted by atomic mass is 10.1.